The number of nitrogens with one attached hydrogen (secondary N) is 1. The van der Waals surface area contributed by atoms with Crippen molar-refractivity contribution < 1.29 is 22.7 Å². The lowest BCUT2D eigenvalue weighted by atomic mass is 10.0. The summed E-state index contributed by atoms with van der Waals surface area (Å²) in [5.74, 6) is -0.303. The molecule has 0 bridgehead atoms. The molecule has 3 rings (SSSR count). The summed E-state index contributed by atoms with van der Waals surface area (Å²) in [7, 11) is 0. The SMILES string of the molecule is Cc1cc(C(F)(F)F)n2nc(C(=O)NC[C@@H]3CCCOC3)cc2n1. The summed E-state index contributed by atoms with van der Waals surface area (Å²) >= 11 is 0. The van der Waals surface area contributed by atoms with E-state index < -0.39 is 17.8 Å². The van der Waals surface area contributed by atoms with Crippen molar-refractivity contribution in [2.75, 3.05) is 19.8 Å². The fourth-order valence-corrected chi connectivity index (χ4v) is 2.71. The Labute approximate surface area is 136 Å². The minimum atomic E-state index is -4.58. The Hall–Kier alpha value is -2.16. The number of rotatable bonds is 3. The molecule has 6 nitrogen and oxygen atoms in total. The molecule has 0 saturated carbocycles. The monoisotopic (exact) mass is 342 g/mol. The van der Waals surface area contributed by atoms with Gasteiger partial charge in [-0.2, -0.15) is 18.3 Å². The number of carbonyl (C=O) groups excluding carboxylic acids is 1. The zero-order valence-corrected chi connectivity index (χ0v) is 13.1. The molecule has 1 fully saturated rings. The standard InChI is InChI=1S/C15H17F3N4O2/c1-9-5-12(15(16,17)18)22-13(20-9)6-11(21-22)14(23)19-7-10-3-2-4-24-8-10/h5-6,10H,2-4,7-8H2,1H3,(H,19,23)/t10-/m0/s1. The van der Waals surface area contributed by atoms with Gasteiger partial charge in [-0.3, -0.25) is 4.79 Å². The van der Waals surface area contributed by atoms with Gasteiger partial charge in [-0.05, 0) is 31.7 Å². The van der Waals surface area contributed by atoms with Crippen LogP contribution >= 0.6 is 0 Å². The maximum atomic E-state index is 13.1. The Morgan fingerprint density at radius 1 is 1.46 bits per heavy atom. The van der Waals surface area contributed by atoms with Crippen LogP contribution in [0.15, 0.2) is 12.1 Å². The molecule has 1 atom stereocenters. The van der Waals surface area contributed by atoms with Crippen LogP contribution in [0.5, 0.6) is 0 Å². The van der Waals surface area contributed by atoms with Crippen molar-refractivity contribution in [2.45, 2.75) is 25.9 Å². The van der Waals surface area contributed by atoms with Crippen LogP contribution in [-0.4, -0.2) is 40.3 Å². The van der Waals surface area contributed by atoms with Crippen LogP contribution in [0.3, 0.4) is 0 Å². The third-order valence-electron chi connectivity index (χ3n) is 3.88. The molecule has 2 aromatic rings. The van der Waals surface area contributed by atoms with E-state index in [1.54, 1.807) is 0 Å². The molecule has 0 aliphatic carbocycles. The number of alkyl halides is 3. The fourth-order valence-electron chi connectivity index (χ4n) is 2.71. The van der Waals surface area contributed by atoms with E-state index in [1.165, 1.54) is 13.0 Å². The van der Waals surface area contributed by atoms with Gasteiger partial charge in [0.25, 0.3) is 5.91 Å². The number of amides is 1. The first kappa shape index (κ1) is 16.7. The van der Waals surface area contributed by atoms with Crippen molar-refractivity contribution >= 4 is 11.6 Å². The quantitative estimate of drug-likeness (QED) is 0.929. The summed E-state index contributed by atoms with van der Waals surface area (Å²) in [4.78, 5) is 16.2. The highest BCUT2D eigenvalue weighted by Crippen LogP contribution is 2.29. The van der Waals surface area contributed by atoms with Crippen LogP contribution in [0.2, 0.25) is 0 Å². The molecule has 24 heavy (non-hydrogen) atoms. The molecule has 1 N–H and O–H groups in total. The average Bonchev–Trinajstić information content (AvgIpc) is 2.95. The van der Waals surface area contributed by atoms with Crippen molar-refractivity contribution in [2.24, 2.45) is 5.92 Å². The first-order chi connectivity index (χ1) is 11.3. The van der Waals surface area contributed by atoms with E-state index >= 15 is 0 Å². The van der Waals surface area contributed by atoms with Crippen molar-refractivity contribution in [3.05, 3.63) is 29.2 Å². The zero-order chi connectivity index (χ0) is 17.3. The number of ether oxygens (including phenoxy) is 1. The van der Waals surface area contributed by atoms with Gasteiger partial charge in [0, 0.05) is 24.9 Å². The minimum absolute atomic E-state index is 0.00604. The summed E-state index contributed by atoms with van der Waals surface area (Å²) in [6.45, 7) is 3.17. The van der Waals surface area contributed by atoms with E-state index in [4.69, 9.17) is 4.74 Å². The molecular formula is C15H17F3N4O2. The molecule has 2 aromatic heterocycles. The van der Waals surface area contributed by atoms with Crippen LogP contribution in [0.4, 0.5) is 13.2 Å². The Bertz CT molecular complexity index is 751. The largest absolute Gasteiger partial charge is 0.433 e. The number of aryl methyl sites for hydroxylation is 1. The molecule has 130 valence electrons. The van der Waals surface area contributed by atoms with Gasteiger partial charge in [0.05, 0.1) is 6.61 Å². The number of aromatic nitrogens is 3. The molecule has 3 heterocycles. The Kier molecular flexibility index (Phi) is 4.44. The van der Waals surface area contributed by atoms with Crippen LogP contribution in [0.25, 0.3) is 5.65 Å². The van der Waals surface area contributed by atoms with Crippen molar-refractivity contribution in [1.82, 2.24) is 19.9 Å². The van der Waals surface area contributed by atoms with E-state index in [0.717, 1.165) is 25.5 Å². The van der Waals surface area contributed by atoms with E-state index in [1.807, 2.05) is 0 Å². The summed E-state index contributed by atoms with van der Waals surface area (Å²) in [5, 5.41) is 6.47. The number of hydrogen-bond acceptors (Lipinski definition) is 4. The summed E-state index contributed by atoms with van der Waals surface area (Å²) in [5.41, 5.74) is -0.838. The van der Waals surface area contributed by atoms with Gasteiger partial charge in [0.15, 0.2) is 11.3 Å². The van der Waals surface area contributed by atoms with Crippen LogP contribution in [0, 0.1) is 12.8 Å². The normalized spacial score (nSPS) is 18.8. The molecule has 1 saturated heterocycles. The molecule has 9 heteroatoms. The van der Waals surface area contributed by atoms with Crippen molar-refractivity contribution in [3.8, 4) is 0 Å². The third kappa shape index (κ3) is 3.50. The van der Waals surface area contributed by atoms with Gasteiger partial charge in [-0.25, -0.2) is 9.50 Å². The van der Waals surface area contributed by atoms with Gasteiger partial charge < -0.3 is 10.1 Å². The maximum absolute atomic E-state index is 13.1. The van der Waals surface area contributed by atoms with Crippen LogP contribution in [0.1, 0.15) is 34.7 Å². The third-order valence-corrected chi connectivity index (χ3v) is 3.88. The first-order valence-corrected chi connectivity index (χ1v) is 7.65. The Morgan fingerprint density at radius 3 is 2.92 bits per heavy atom. The lowest BCUT2D eigenvalue weighted by molar-refractivity contribution is -0.142. The smallest absolute Gasteiger partial charge is 0.381 e. The molecule has 0 aromatic carbocycles. The van der Waals surface area contributed by atoms with Gasteiger partial charge in [0.1, 0.15) is 5.69 Å². The van der Waals surface area contributed by atoms with E-state index in [0.29, 0.717) is 17.7 Å². The van der Waals surface area contributed by atoms with Crippen molar-refractivity contribution in [1.29, 1.82) is 0 Å². The van der Waals surface area contributed by atoms with Crippen molar-refractivity contribution in [3.63, 3.8) is 0 Å². The predicted molar refractivity (Wildman–Crippen MR) is 78.6 cm³/mol. The molecule has 0 unspecified atom stereocenters. The van der Waals surface area contributed by atoms with Gasteiger partial charge in [-0.15, -0.1) is 0 Å². The average molecular weight is 342 g/mol. The maximum Gasteiger partial charge on any atom is 0.433 e. The molecular weight excluding hydrogens is 325 g/mol. The molecule has 1 aliphatic heterocycles. The Balaban J connectivity index is 1.81. The minimum Gasteiger partial charge on any atom is -0.381 e. The number of carbonyl (C=O) groups is 1. The zero-order valence-electron chi connectivity index (χ0n) is 13.1. The van der Waals surface area contributed by atoms with E-state index in [2.05, 4.69) is 15.4 Å². The highest BCUT2D eigenvalue weighted by atomic mass is 19.4. The lowest BCUT2D eigenvalue weighted by Gasteiger charge is -2.21. The van der Waals surface area contributed by atoms with Crippen LogP contribution < -0.4 is 5.32 Å². The van der Waals surface area contributed by atoms with E-state index in [-0.39, 0.29) is 23.0 Å². The highest BCUT2D eigenvalue weighted by molar-refractivity contribution is 5.93. The number of fused-ring (bicyclic) bond motifs is 1. The number of halogens is 3. The molecule has 0 radical (unpaired) electrons. The van der Waals surface area contributed by atoms with Gasteiger partial charge in [-0.1, -0.05) is 0 Å². The predicted octanol–water partition coefficient (Wildman–Crippen LogP) is 2.21. The fraction of sp³-hybridized carbons (Fsp3) is 0.533. The lowest BCUT2D eigenvalue weighted by Crippen LogP contribution is -2.33. The van der Waals surface area contributed by atoms with Crippen LogP contribution in [-0.2, 0) is 10.9 Å². The Morgan fingerprint density at radius 2 is 2.25 bits per heavy atom. The second-order valence-electron chi connectivity index (χ2n) is 5.87. The topological polar surface area (TPSA) is 68.5 Å². The summed E-state index contributed by atoms with van der Waals surface area (Å²) in [6, 6.07) is 2.16. The van der Waals surface area contributed by atoms with Gasteiger partial charge >= 0.3 is 6.18 Å². The number of hydrogen-bond donors (Lipinski definition) is 1. The molecule has 1 amide bonds. The summed E-state index contributed by atoms with van der Waals surface area (Å²) < 4.78 is 45.3. The molecule has 0 spiro atoms. The molecule has 1 aliphatic rings. The highest BCUT2D eigenvalue weighted by Gasteiger charge is 2.35. The summed E-state index contributed by atoms with van der Waals surface area (Å²) in [6.07, 6.45) is -2.69. The number of nitrogens with zero attached hydrogens (tertiary/aromatic N) is 3. The second-order valence-corrected chi connectivity index (χ2v) is 5.87. The second kappa shape index (κ2) is 6.39. The van der Waals surface area contributed by atoms with Gasteiger partial charge in [0.2, 0.25) is 0 Å². The first-order valence-electron chi connectivity index (χ1n) is 7.65. The van der Waals surface area contributed by atoms with E-state index in [9.17, 15) is 18.0 Å².